The van der Waals surface area contributed by atoms with Gasteiger partial charge in [0, 0.05) is 46.4 Å². The van der Waals surface area contributed by atoms with Gasteiger partial charge in [0.05, 0.1) is 12.0 Å². The maximum Gasteiger partial charge on any atom is 0.256 e. The van der Waals surface area contributed by atoms with Crippen LogP contribution in [0.25, 0.3) is 0 Å². The van der Waals surface area contributed by atoms with E-state index in [1.54, 1.807) is 60.7 Å². The molecule has 1 aliphatic heterocycles. The first-order valence-corrected chi connectivity index (χ1v) is 12.2. The van der Waals surface area contributed by atoms with Crippen LogP contribution in [0.1, 0.15) is 31.8 Å². The van der Waals surface area contributed by atoms with Crippen molar-refractivity contribution in [2.75, 3.05) is 29.9 Å². The Morgan fingerprint density at radius 3 is 2.15 bits per heavy atom. The summed E-state index contributed by atoms with van der Waals surface area (Å²) in [6.45, 7) is 1.59. The highest BCUT2D eigenvalue weighted by Crippen LogP contribution is 2.19. The lowest BCUT2D eigenvalue weighted by Crippen LogP contribution is -2.38. The summed E-state index contributed by atoms with van der Waals surface area (Å²) in [5, 5.41) is 3.39. The lowest BCUT2D eigenvalue weighted by atomic mass is 9.98. The lowest BCUT2D eigenvalue weighted by Gasteiger charge is -2.26. The van der Waals surface area contributed by atoms with Crippen LogP contribution in [-0.4, -0.2) is 47.1 Å². The predicted octanol–water partition coefficient (Wildman–Crippen LogP) is 4.94. The van der Waals surface area contributed by atoms with E-state index >= 15 is 0 Å². The monoisotopic (exact) mass is 478 g/mol. The number of ketones is 1. The van der Waals surface area contributed by atoms with E-state index in [1.807, 2.05) is 28.8 Å². The van der Waals surface area contributed by atoms with Crippen molar-refractivity contribution >= 4 is 46.6 Å². The van der Waals surface area contributed by atoms with Gasteiger partial charge in [0.2, 0.25) is 5.91 Å². The zero-order valence-electron chi connectivity index (χ0n) is 17.9. The van der Waals surface area contributed by atoms with Gasteiger partial charge in [-0.25, -0.2) is 0 Å². The Hall–Kier alpha value is -3.09. The van der Waals surface area contributed by atoms with Crippen molar-refractivity contribution in [3.05, 3.63) is 100 Å². The van der Waals surface area contributed by atoms with Crippen LogP contribution in [-0.2, 0) is 11.2 Å². The predicted molar refractivity (Wildman–Crippen MR) is 133 cm³/mol. The maximum absolute atomic E-state index is 13.0. The fourth-order valence-corrected chi connectivity index (χ4v) is 4.67. The molecule has 2 amide bonds. The van der Waals surface area contributed by atoms with E-state index in [4.69, 9.17) is 11.6 Å². The molecule has 0 aromatic heterocycles. The van der Waals surface area contributed by atoms with E-state index in [2.05, 4.69) is 5.32 Å². The van der Waals surface area contributed by atoms with Gasteiger partial charge >= 0.3 is 0 Å². The molecule has 0 bridgehead atoms. The molecular weight excluding hydrogens is 456 g/mol. The molecule has 0 saturated carbocycles. The van der Waals surface area contributed by atoms with Crippen LogP contribution in [0, 0.1) is 0 Å². The highest BCUT2D eigenvalue weighted by Gasteiger charge is 2.19. The van der Waals surface area contributed by atoms with E-state index in [1.165, 1.54) is 0 Å². The third-order valence-electron chi connectivity index (χ3n) is 5.45. The molecule has 1 N–H and O–H groups in total. The molecule has 7 heteroatoms. The molecule has 3 aromatic carbocycles. The molecule has 0 spiro atoms. The number of hydrogen-bond donors (Lipinski definition) is 1. The summed E-state index contributed by atoms with van der Waals surface area (Å²) in [6.07, 6.45) is 0.345. The van der Waals surface area contributed by atoms with Crippen LogP contribution in [0.15, 0.2) is 72.8 Å². The van der Waals surface area contributed by atoms with Crippen molar-refractivity contribution in [1.29, 1.82) is 0 Å². The summed E-state index contributed by atoms with van der Waals surface area (Å²) in [6, 6.07) is 20.5. The standard InChI is InChI=1S/C26H23ClN2O3S/c27-20-9-7-19(8-10-20)25(31)22-3-1-2-4-23(22)26(32)28-21-11-5-18(6-12-21)17-24(30)29-13-15-33-16-14-29/h1-12H,13-17H2,(H,28,32). The number of rotatable bonds is 6. The average molecular weight is 479 g/mol. The molecule has 1 fully saturated rings. The second kappa shape index (κ2) is 10.7. The Bertz CT molecular complexity index is 1160. The van der Waals surface area contributed by atoms with Crippen LogP contribution in [0.3, 0.4) is 0 Å². The van der Waals surface area contributed by atoms with E-state index in [-0.39, 0.29) is 17.6 Å². The van der Waals surface area contributed by atoms with Gasteiger partial charge in [0.1, 0.15) is 0 Å². The van der Waals surface area contributed by atoms with Crippen LogP contribution in [0.5, 0.6) is 0 Å². The first kappa shape index (κ1) is 23.1. The second-order valence-electron chi connectivity index (χ2n) is 7.70. The van der Waals surface area contributed by atoms with Gasteiger partial charge in [-0.1, -0.05) is 41.9 Å². The van der Waals surface area contributed by atoms with E-state index in [0.717, 1.165) is 30.2 Å². The Kier molecular flexibility index (Phi) is 7.47. The van der Waals surface area contributed by atoms with Crippen LogP contribution in [0.4, 0.5) is 5.69 Å². The zero-order valence-corrected chi connectivity index (χ0v) is 19.5. The minimum absolute atomic E-state index is 0.127. The number of benzene rings is 3. The Morgan fingerprint density at radius 1 is 0.848 bits per heavy atom. The van der Waals surface area contributed by atoms with Crippen molar-refractivity contribution in [1.82, 2.24) is 4.90 Å². The van der Waals surface area contributed by atoms with Crippen molar-refractivity contribution in [2.24, 2.45) is 0 Å². The molecule has 0 unspecified atom stereocenters. The number of halogens is 1. The van der Waals surface area contributed by atoms with Gasteiger partial charge in [-0.05, 0) is 48.0 Å². The number of carbonyl (C=O) groups excluding carboxylic acids is 3. The van der Waals surface area contributed by atoms with E-state index in [9.17, 15) is 14.4 Å². The maximum atomic E-state index is 13.0. The Labute approximate surface area is 202 Å². The number of hydrogen-bond acceptors (Lipinski definition) is 4. The highest BCUT2D eigenvalue weighted by molar-refractivity contribution is 7.99. The van der Waals surface area contributed by atoms with Crippen LogP contribution in [0.2, 0.25) is 5.02 Å². The molecule has 168 valence electrons. The normalized spacial score (nSPS) is 13.4. The number of thioether (sulfide) groups is 1. The number of nitrogens with one attached hydrogen (secondary N) is 1. The minimum atomic E-state index is -0.373. The van der Waals surface area contributed by atoms with Crippen molar-refractivity contribution in [3.8, 4) is 0 Å². The highest BCUT2D eigenvalue weighted by atomic mass is 35.5. The third kappa shape index (κ3) is 5.83. The summed E-state index contributed by atoms with van der Waals surface area (Å²) in [4.78, 5) is 40.3. The second-order valence-corrected chi connectivity index (χ2v) is 9.36. The van der Waals surface area contributed by atoms with Crippen molar-refractivity contribution in [2.45, 2.75) is 6.42 Å². The fourth-order valence-electron chi connectivity index (χ4n) is 3.64. The molecule has 0 aliphatic carbocycles. The van der Waals surface area contributed by atoms with Gasteiger partial charge in [-0.15, -0.1) is 0 Å². The Balaban J connectivity index is 1.44. The topological polar surface area (TPSA) is 66.5 Å². The molecule has 5 nitrogen and oxygen atoms in total. The lowest BCUT2D eigenvalue weighted by molar-refractivity contribution is -0.130. The summed E-state index contributed by atoms with van der Waals surface area (Å²) in [7, 11) is 0. The van der Waals surface area contributed by atoms with Crippen LogP contribution < -0.4 is 5.32 Å². The molecule has 1 aliphatic rings. The summed E-state index contributed by atoms with van der Waals surface area (Å²) < 4.78 is 0. The van der Waals surface area contributed by atoms with Gasteiger partial charge in [0.15, 0.2) is 5.78 Å². The number of nitrogens with zero attached hydrogens (tertiary/aromatic N) is 1. The minimum Gasteiger partial charge on any atom is -0.341 e. The first-order chi connectivity index (χ1) is 16.0. The largest absolute Gasteiger partial charge is 0.341 e. The summed E-state index contributed by atoms with van der Waals surface area (Å²) in [5.41, 5.74) is 2.56. The van der Waals surface area contributed by atoms with Crippen molar-refractivity contribution in [3.63, 3.8) is 0 Å². The van der Waals surface area contributed by atoms with E-state index in [0.29, 0.717) is 33.8 Å². The van der Waals surface area contributed by atoms with E-state index < -0.39 is 0 Å². The SMILES string of the molecule is O=C(Nc1ccc(CC(=O)N2CCSCC2)cc1)c1ccccc1C(=O)c1ccc(Cl)cc1. The van der Waals surface area contributed by atoms with Gasteiger partial charge in [-0.3, -0.25) is 14.4 Å². The smallest absolute Gasteiger partial charge is 0.256 e. The zero-order chi connectivity index (χ0) is 23.2. The molecule has 3 aromatic rings. The molecule has 0 atom stereocenters. The summed E-state index contributed by atoms with van der Waals surface area (Å²) >= 11 is 7.78. The number of carbonyl (C=O) groups is 3. The fraction of sp³-hybridized carbons (Fsp3) is 0.192. The van der Waals surface area contributed by atoms with Crippen molar-refractivity contribution < 1.29 is 14.4 Å². The molecule has 33 heavy (non-hydrogen) atoms. The molecule has 1 saturated heterocycles. The molecule has 1 heterocycles. The summed E-state index contributed by atoms with van der Waals surface area (Å²) in [5.74, 6) is 1.48. The molecular formula is C26H23ClN2O3S. The number of anilines is 1. The quantitative estimate of drug-likeness (QED) is 0.509. The first-order valence-electron chi connectivity index (χ1n) is 10.7. The Morgan fingerprint density at radius 2 is 1.48 bits per heavy atom. The third-order valence-corrected chi connectivity index (χ3v) is 6.65. The van der Waals surface area contributed by atoms with Gasteiger partial charge in [-0.2, -0.15) is 11.8 Å². The molecule has 0 radical (unpaired) electrons. The van der Waals surface area contributed by atoms with Gasteiger partial charge < -0.3 is 10.2 Å². The average Bonchev–Trinajstić information content (AvgIpc) is 2.86. The van der Waals surface area contributed by atoms with Gasteiger partial charge in [0.25, 0.3) is 5.91 Å². The molecule has 4 rings (SSSR count). The number of amides is 2. The van der Waals surface area contributed by atoms with Crippen LogP contribution >= 0.6 is 23.4 Å².